The summed E-state index contributed by atoms with van der Waals surface area (Å²) in [5.74, 6) is 0.0239. The lowest BCUT2D eigenvalue weighted by Gasteiger charge is -2.25. The molecule has 0 N–H and O–H groups in total. The molecule has 1 amide bonds. The van der Waals surface area contributed by atoms with Crippen LogP contribution in [-0.2, 0) is 30.6 Å². The predicted molar refractivity (Wildman–Crippen MR) is 103 cm³/mol. The molecular formula is C21H22N4O3. The van der Waals surface area contributed by atoms with E-state index in [2.05, 4.69) is 10.3 Å². The monoisotopic (exact) mass is 378 g/mol. The molecule has 7 heteroatoms. The maximum Gasteiger partial charge on any atom is 0.267 e. The summed E-state index contributed by atoms with van der Waals surface area (Å²) in [4.78, 5) is 27.3. The number of hydrogen-bond donors (Lipinski definition) is 0. The number of benzene rings is 1. The van der Waals surface area contributed by atoms with Crippen molar-refractivity contribution in [2.75, 3.05) is 6.54 Å². The summed E-state index contributed by atoms with van der Waals surface area (Å²) in [6.45, 7) is 1.16. The van der Waals surface area contributed by atoms with E-state index in [9.17, 15) is 9.59 Å². The van der Waals surface area contributed by atoms with Crippen molar-refractivity contribution < 1.29 is 9.32 Å². The zero-order valence-electron chi connectivity index (χ0n) is 15.6. The van der Waals surface area contributed by atoms with Gasteiger partial charge in [0.25, 0.3) is 5.56 Å². The van der Waals surface area contributed by atoms with Gasteiger partial charge in [-0.25, -0.2) is 4.68 Å². The van der Waals surface area contributed by atoms with Crippen LogP contribution < -0.4 is 5.56 Å². The first kappa shape index (κ1) is 17.2. The number of likely N-dealkylation sites (tertiary alicyclic amines) is 1. The van der Waals surface area contributed by atoms with Gasteiger partial charge in [-0.2, -0.15) is 5.10 Å². The first-order chi connectivity index (χ1) is 13.7. The fourth-order valence-corrected chi connectivity index (χ4v) is 4.43. The Bertz CT molecular complexity index is 1100. The van der Waals surface area contributed by atoms with E-state index in [0.29, 0.717) is 24.4 Å². The molecule has 3 heterocycles. The van der Waals surface area contributed by atoms with Crippen LogP contribution in [0.2, 0.25) is 0 Å². The van der Waals surface area contributed by atoms with Crippen molar-refractivity contribution in [1.82, 2.24) is 19.8 Å². The molecule has 2 aromatic heterocycles. The molecule has 1 unspecified atom stereocenters. The minimum absolute atomic E-state index is 0.00433. The van der Waals surface area contributed by atoms with Crippen LogP contribution in [0.4, 0.5) is 0 Å². The summed E-state index contributed by atoms with van der Waals surface area (Å²) in [5, 5.41) is 9.52. The second kappa shape index (κ2) is 6.89. The van der Waals surface area contributed by atoms with Crippen molar-refractivity contribution in [1.29, 1.82) is 0 Å². The Morgan fingerprint density at radius 1 is 1.21 bits per heavy atom. The van der Waals surface area contributed by atoms with E-state index in [1.165, 1.54) is 0 Å². The van der Waals surface area contributed by atoms with Crippen LogP contribution in [0.25, 0.3) is 11.0 Å². The molecule has 0 saturated carbocycles. The number of amides is 1. The fraction of sp³-hybridized carbons (Fsp3) is 0.429. The molecule has 7 nitrogen and oxygen atoms in total. The zero-order valence-corrected chi connectivity index (χ0v) is 15.6. The van der Waals surface area contributed by atoms with E-state index in [1.807, 2.05) is 29.2 Å². The van der Waals surface area contributed by atoms with Crippen molar-refractivity contribution in [3.05, 3.63) is 57.6 Å². The maximum absolute atomic E-state index is 13.0. The predicted octanol–water partition coefficient (Wildman–Crippen LogP) is 2.11. The Hall–Kier alpha value is -2.96. The van der Waals surface area contributed by atoms with Gasteiger partial charge >= 0.3 is 0 Å². The minimum Gasteiger partial charge on any atom is -0.356 e. The van der Waals surface area contributed by atoms with Crippen LogP contribution >= 0.6 is 0 Å². The molecule has 1 aromatic carbocycles. The van der Waals surface area contributed by atoms with Crippen LogP contribution in [0.3, 0.4) is 0 Å². The van der Waals surface area contributed by atoms with Crippen molar-refractivity contribution in [2.24, 2.45) is 0 Å². The summed E-state index contributed by atoms with van der Waals surface area (Å²) in [6, 6.07) is 9.29. The largest absolute Gasteiger partial charge is 0.356 e. The number of nitrogens with zero attached hydrogens (tertiary/aromatic N) is 4. The number of para-hydroxylation sites is 1. The number of hydrogen-bond acceptors (Lipinski definition) is 5. The van der Waals surface area contributed by atoms with Gasteiger partial charge in [0.1, 0.15) is 5.69 Å². The highest BCUT2D eigenvalue weighted by molar-refractivity contribution is 5.86. The van der Waals surface area contributed by atoms with Crippen molar-refractivity contribution in [2.45, 2.75) is 51.1 Å². The van der Waals surface area contributed by atoms with Gasteiger partial charge in [0, 0.05) is 18.0 Å². The third-order valence-corrected chi connectivity index (χ3v) is 5.88. The molecule has 1 aliphatic heterocycles. The Morgan fingerprint density at radius 3 is 3.04 bits per heavy atom. The standard InChI is InChI=1S/C21H22N4O3/c26-20(12-18-16-7-1-2-9-19(16)28-23-18)24-10-4-6-15(24)13-25-21(27)11-14-5-3-8-17(14)22-25/h1-2,7,9,11,15H,3-6,8,10,12-13H2. The quantitative estimate of drug-likeness (QED) is 0.695. The van der Waals surface area contributed by atoms with Crippen molar-refractivity contribution >= 4 is 16.9 Å². The van der Waals surface area contributed by atoms with E-state index in [0.717, 1.165) is 48.7 Å². The number of carbonyl (C=O) groups excluding carboxylic acids is 1. The van der Waals surface area contributed by atoms with Gasteiger partial charge in [-0.15, -0.1) is 0 Å². The van der Waals surface area contributed by atoms with Crippen molar-refractivity contribution in [3.63, 3.8) is 0 Å². The second-order valence-electron chi connectivity index (χ2n) is 7.68. The summed E-state index contributed by atoms with van der Waals surface area (Å²) >= 11 is 0. The van der Waals surface area contributed by atoms with E-state index >= 15 is 0 Å². The second-order valence-corrected chi connectivity index (χ2v) is 7.68. The molecule has 1 fully saturated rings. The van der Waals surface area contributed by atoms with Gasteiger partial charge in [0.15, 0.2) is 5.58 Å². The Labute approximate surface area is 161 Å². The lowest BCUT2D eigenvalue weighted by Crippen LogP contribution is -2.41. The zero-order chi connectivity index (χ0) is 19.1. The van der Waals surface area contributed by atoms with Gasteiger partial charge in [-0.1, -0.05) is 17.3 Å². The smallest absolute Gasteiger partial charge is 0.267 e. The lowest BCUT2D eigenvalue weighted by molar-refractivity contribution is -0.131. The van der Waals surface area contributed by atoms with Crippen LogP contribution in [0.5, 0.6) is 0 Å². The highest BCUT2D eigenvalue weighted by Gasteiger charge is 2.30. The molecule has 1 saturated heterocycles. The van der Waals surface area contributed by atoms with Gasteiger partial charge in [-0.05, 0) is 49.8 Å². The molecule has 2 aliphatic rings. The number of fused-ring (bicyclic) bond motifs is 2. The van der Waals surface area contributed by atoms with Gasteiger partial charge in [-0.3, -0.25) is 9.59 Å². The van der Waals surface area contributed by atoms with Crippen LogP contribution in [-0.4, -0.2) is 38.3 Å². The summed E-state index contributed by atoms with van der Waals surface area (Å²) in [7, 11) is 0. The number of aryl methyl sites for hydroxylation is 2. The topological polar surface area (TPSA) is 81.2 Å². The normalized spacial score (nSPS) is 18.7. The number of rotatable bonds is 4. The molecule has 1 atom stereocenters. The molecule has 1 aliphatic carbocycles. The van der Waals surface area contributed by atoms with Gasteiger partial charge < -0.3 is 9.42 Å². The highest BCUT2D eigenvalue weighted by atomic mass is 16.5. The van der Waals surface area contributed by atoms with Crippen molar-refractivity contribution in [3.8, 4) is 0 Å². The molecule has 28 heavy (non-hydrogen) atoms. The summed E-state index contributed by atoms with van der Waals surface area (Å²) in [5.41, 5.74) is 3.40. The molecule has 3 aromatic rings. The average Bonchev–Trinajstić information content (AvgIpc) is 3.42. The first-order valence-electron chi connectivity index (χ1n) is 9.92. The van der Waals surface area contributed by atoms with E-state index in [-0.39, 0.29) is 23.9 Å². The van der Waals surface area contributed by atoms with E-state index in [4.69, 9.17) is 4.52 Å². The third-order valence-electron chi connectivity index (χ3n) is 5.88. The van der Waals surface area contributed by atoms with Gasteiger partial charge in [0.2, 0.25) is 5.91 Å². The van der Waals surface area contributed by atoms with Crippen LogP contribution in [0.1, 0.15) is 36.2 Å². The maximum atomic E-state index is 13.0. The molecule has 144 valence electrons. The Kier molecular flexibility index (Phi) is 4.22. The van der Waals surface area contributed by atoms with E-state index in [1.54, 1.807) is 10.7 Å². The minimum atomic E-state index is -0.0672. The SMILES string of the molecule is O=C(Cc1noc2ccccc12)N1CCCC1Cn1nc2c(cc1=O)CCC2. The third kappa shape index (κ3) is 3.00. The summed E-state index contributed by atoms with van der Waals surface area (Å²) < 4.78 is 6.86. The molecule has 0 spiro atoms. The average molecular weight is 378 g/mol. The Balaban J connectivity index is 1.34. The lowest BCUT2D eigenvalue weighted by atomic mass is 10.1. The van der Waals surface area contributed by atoms with Crippen LogP contribution in [0, 0.1) is 0 Å². The molecule has 0 bridgehead atoms. The first-order valence-corrected chi connectivity index (χ1v) is 9.92. The van der Waals surface area contributed by atoms with Crippen LogP contribution in [0.15, 0.2) is 39.6 Å². The molecular weight excluding hydrogens is 356 g/mol. The molecule has 0 radical (unpaired) electrons. The fourth-order valence-electron chi connectivity index (χ4n) is 4.43. The van der Waals surface area contributed by atoms with E-state index < -0.39 is 0 Å². The summed E-state index contributed by atoms with van der Waals surface area (Å²) in [6.07, 6.45) is 4.97. The van der Waals surface area contributed by atoms with Gasteiger partial charge in [0.05, 0.1) is 24.7 Å². The molecule has 5 rings (SSSR count). The highest BCUT2D eigenvalue weighted by Crippen LogP contribution is 2.23. The number of aromatic nitrogens is 3. The Morgan fingerprint density at radius 2 is 2.11 bits per heavy atom. The number of carbonyl (C=O) groups is 1.